The third-order valence-electron chi connectivity index (χ3n) is 1.94. The topological polar surface area (TPSA) is 66.4 Å². The number of carbonyl (C=O) groups is 2. The molecule has 1 amide bonds. The van der Waals surface area contributed by atoms with E-state index in [2.05, 4.69) is 12.2 Å². The van der Waals surface area contributed by atoms with Crippen LogP contribution in [0.3, 0.4) is 0 Å². The van der Waals surface area contributed by atoms with E-state index in [-0.39, 0.29) is 63.8 Å². The molecule has 0 spiro atoms. The van der Waals surface area contributed by atoms with Crippen molar-refractivity contribution in [3.8, 4) is 0 Å². The molecular formula is C10H20KNO3. The van der Waals surface area contributed by atoms with Crippen molar-refractivity contribution < 1.29 is 14.7 Å². The molecule has 0 aromatic carbocycles. The van der Waals surface area contributed by atoms with Crippen molar-refractivity contribution >= 4 is 63.3 Å². The van der Waals surface area contributed by atoms with E-state index in [4.69, 9.17) is 5.11 Å². The van der Waals surface area contributed by atoms with Crippen LogP contribution in [0, 0.1) is 0 Å². The number of rotatable bonds is 8. The summed E-state index contributed by atoms with van der Waals surface area (Å²) in [5, 5.41) is 10.6. The normalized spacial score (nSPS) is 9.13. The van der Waals surface area contributed by atoms with E-state index in [0.717, 1.165) is 19.3 Å². The summed E-state index contributed by atoms with van der Waals surface area (Å²) in [6.45, 7) is 1.87. The zero-order valence-corrected chi connectivity index (χ0v) is 8.71. The fourth-order valence-corrected chi connectivity index (χ4v) is 1.15. The van der Waals surface area contributed by atoms with Gasteiger partial charge in [0, 0.05) is 6.42 Å². The molecule has 0 unspecified atom stereocenters. The van der Waals surface area contributed by atoms with Crippen molar-refractivity contribution in [2.75, 3.05) is 6.54 Å². The number of carboxylic acid groups (broad SMARTS) is 1. The summed E-state index contributed by atoms with van der Waals surface area (Å²) in [5.41, 5.74) is 0. The fraction of sp³-hybridized carbons (Fsp3) is 0.800. The van der Waals surface area contributed by atoms with Crippen LogP contribution in [0.2, 0.25) is 0 Å². The molecule has 0 radical (unpaired) electrons. The van der Waals surface area contributed by atoms with Gasteiger partial charge in [-0.2, -0.15) is 0 Å². The van der Waals surface area contributed by atoms with Gasteiger partial charge in [-0.3, -0.25) is 9.59 Å². The minimum absolute atomic E-state index is 0. The first-order chi connectivity index (χ1) is 6.66. The molecule has 0 aliphatic carbocycles. The number of nitrogens with one attached hydrogen (secondary N) is 1. The summed E-state index contributed by atoms with van der Waals surface area (Å²) in [6.07, 6.45) is 5.89. The van der Waals surface area contributed by atoms with Gasteiger partial charge in [0.05, 0.1) is 0 Å². The Balaban J connectivity index is 0. The van der Waals surface area contributed by atoms with Gasteiger partial charge < -0.3 is 10.4 Å². The number of carboxylic acids is 1. The maximum atomic E-state index is 11.0. The molecule has 0 saturated carbocycles. The van der Waals surface area contributed by atoms with Gasteiger partial charge in [0.2, 0.25) is 5.91 Å². The van der Waals surface area contributed by atoms with E-state index in [0.29, 0.717) is 6.42 Å². The molecule has 0 atom stereocenters. The second-order valence-electron chi connectivity index (χ2n) is 3.33. The van der Waals surface area contributed by atoms with Crippen molar-refractivity contribution in [1.29, 1.82) is 0 Å². The van der Waals surface area contributed by atoms with Crippen LogP contribution in [0.15, 0.2) is 0 Å². The monoisotopic (exact) mass is 241 g/mol. The van der Waals surface area contributed by atoms with Gasteiger partial charge in [0.25, 0.3) is 0 Å². The Morgan fingerprint density at radius 2 is 1.73 bits per heavy atom. The second kappa shape index (κ2) is 12.6. The second-order valence-corrected chi connectivity index (χ2v) is 3.33. The molecule has 0 aromatic rings. The van der Waals surface area contributed by atoms with Crippen LogP contribution in [0.1, 0.15) is 45.4 Å². The number of hydrogen-bond donors (Lipinski definition) is 2. The van der Waals surface area contributed by atoms with E-state index >= 15 is 0 Å². The summed E-state index contributed by atoms with van der Waals surface area (Å²) in [5.74, 6) is -1.16. The van der Waals surface area contributed by atoms with Crippen LogP contribution >= 0.6 is 0 Å². The van der Waals surface area contributed by atoms with Crippen LogP contribution < -0.4 is 5.32 Å². The molecule has 0 aliphatic heterocycles. The predicted octanol–water partition coefficient (Wildman–Crippen LogP) is 0.899. The molecule has 0 aromatic heterocycles. The average molecular weight is 241 g/mol. The molecule has 0 rings (SSSR count). The average Bonchev–Trinajstić information content (AvgIpc) is 2.14. The van der Waals surface area contributed by atoms with Crippen molar-refractivity contribution in [1.82, 2.24) is 5.32 Å². The molecule has 15 heavy (non-hydrogen) atoms. The Hall–Kier alpha value is 0.576. The summed E-state index contributed by atoms with van der Waals surface area (Å²) >= 11 is 0. The van der Waals surface area contributed by atoms with Crippen LogP contribution in [0.25, 0.3) is 0 Å². The van der Waals surface area contributed by atoms with Crippen LogP contribution in [-0.4, -0.2) is 74.9 Å². The number of unbranched alkanes of at least 4 members (excludes halogenated alkanes) is 4. The van der Waals surface area contributed by atoms with E-state index in [9.17, 15) is 9.59 Å². The van der Waals surface area contributed by atoms with Gasteiger partial charge in [0.1, 0.15) is 6.54 Å². The fourth-order valence-electron chi connectivity index (χ4n) is 1.15. The number of hydrogen-bond acceptors (Lipinski definition) is 2. The predicted molar refractivity (Wildman–Crippen MR) is 61.2 cm³/mol. The van der Waals surface area contributed by atoms with E-state index in [1.54, 1.807) is 0 Å². The zero-order chi connectivity index (χ0) is 10.8. The Bertz CT molecular complexity index is 186. The summed E-state index contributed by atoms with van der Waals surface area (Å²) in [4.78, 5) is 21.1. The Morgan fingerprint density at radius 3 is 2.27 bits per heavy atom. The van der Waals surface area contributed by atoms with Crippen molar-refractivity contribution in [3.05, 3.63) is 0 Å². The molecule has 0 aliphatic rings. The maximum absolute atomic E-state index is 11.0. The molecule has 4 nitrogen and oxygen atoms in total. The standard InChI is InChI=1S/C10H19NO3.K.H/c1-2-3-4-5-6-7-9(12)11-8-10(13)14;;/h2-8H2,1H3,(H,11,12)(H,13,14);;. The number of carbonyl (C=O) groups excluding carboxylic acids is 1. The molecule has 0 bridgehead atoms. The molecular weight excluding hydrogens is 221 g/mol. The van der Waals surface area contributed by atoms with Crippen molar-refractivity contribution in [2.45, 2.75) is 45.4 Å². The van der Waals surface area contributed by atoms with Crippen LogP contribution in [0.5, 0.6) is 0 Å². The van der Waals surface area contributed by atoms with Gasteiger partial charge in [0.15, 0.2) is 0 Å². The Morgan fingerprint density at radius 1 is 1.13 bits per heavy atom. The van der Waals surface area contributed by atoms with Gasteiger partial charge in [-0.1, -0.05) is 32.6 Å². The van der Waals surface area contributed by atoms with E-state index in [1.165, 1.54) is 12.8 Å². The van der Waals surface area contributed by atoms with Gasteiger partial charge in [-0.05, 0) is 6.42 Å². The quantitative estimate of drug-likeness (QED) is 0.490. The molecule has 2 N–H and O–H groups in total. The van der Waals surface area contributed by atoms with Gasteiger partial charge >= 0.3 is 57.4 Å². The number of aliphatic carboxylic acids is 1. The molecule has 0 saturated heterocycles. The molecule has 84 valence electrons. The SMILES string of the molecule is CCCCCCCC(=O)NCC(=O)O.[KH]. The zero-order valence-electron chi connectivity index (χ0n) is 8.71. The van der Waals surface area contributed by atoms with Gasteiger partial charge in [-0.15, -0.1) is 0 Å². The molecule has 5 heteroatoms. The van der Waals surface area contributed by atoms with Crippen LogP contribution in [-0.2, 0) is 9.59 Å². The first-order valence-electron chi connectivity index (χ1n) is 5.15. The third-order valence-corrected chi connectivity index (χ3v) is 1.94. The molecule has 0 fully saturated rings. The van der Waals surface area contributed by atoms with Crippen molar-refractivity contribution in [2.24, 2.45) is 0 Å². The first kappa shape index (κ1) is 18.0. The molecule has 0 heterocycles. The van der Waals surface area contributed by atoms with Gasteiger partial charge in [-0.25, -0.2) is 0 Å². The Kier molecular flexibility index (Phi) is 15.1. The van der Waals surface area contributed by atoms with E-state index in [1.807, 2.05) is 0 Å². The van der Waals surface area contributed by atoms with Crippen LogP contribution in [0.4, 0.5) is 0 Å². The Labute approximate surface area is 134 Å². The summed E-state index contributed by atoms with van der Waals surface area (Å²) < 4.78 is 0. The minimum atomic E-state index is -0.996. The number of amides is 1. The third kappa shape index (κ3) is 14.6. The van der Waals surface area contributed by atoms with E-state index < -0.39 is 5.97 Å². The summed E-state index contributed by atoms with van der Waals surface area (Å²) in [7, 11) is 0. The first-order valence-corrected chi connectivity index (χ1v) is 5.15. The van der Waals surface area contributed by atoms with Crippen molar-refractivity contribution in [3.63, 3.8) is 0 Å². The summed E-state index contributed by atoms with van der Waals surface area (Å²) in [6, 6.07) is 0.